The van der Waals surface area contributed by atoms with E-state index in [0.29, 0.717) is 0 Å². The molecule has 0 amide bonds. The number of allylic oxidation sites excluding steroid dienone is 1. The van der Waals surface area contributed by atoms with Crippen LogP contribution in [0.15, 0.2) is 16.6 Å². The second-order valence-corrected chi connectivity index (χ2v) is 2.07. The predicted molar refractivity (Wildman–Crippen MR) is 42.8 cm³/mol. The van der Waals surface area contributed by atoms with E-state index in [4.69, 9.17) is 5.11 Å². The molecule has 0 fully saturated rings. The van der Waals surface area contributed by atoms with Gasteiger partial charge in [-0.05, 0) is 12.1 Å². The van der Waals surface area contributed by atoms with E-state index in [1.807, 2.05) is 0 Å². The molecular weight excluding hydrogens is 178 g/mol. The van der Waals surface area contributed by atoms with Gasteiger partial charge in [-0.15, -0.1) is 4.91 Å². The number of carbonyl (C=O) groups is 2. The molecule has 0 aromatic carbocycles. The number of esters is 1. The highest BCUT2D eigenvalue weighted by Gasteiger charge is 2.19. The maximum absolute atomic E-state index is 10.8. The quantitative estimate of drug-likeness (QED) is 0.302. The summed E-state index contributed by atoms with van der Waals surface area (Å²) >= 11 is 0. The zero-order valence-corrected chi connectivity index (χ0v) is 7.23. The number of Topliss-reactive ketones (excluding diaryl/α,β-unsaturated/α-hetero) is 1. The summed E-state index contributed by atoms with van der Waals surface area (Å²) in [4.78, 5) is 31.4. The number of hydrogen-bond acceptors (Lipinski definition) is 6. The maximum Gasteiger partial charge on any atom is 0.375 e. The molecule has 0 radical (unpaired) electrons. The third-order valence-corrected chi connectivity index (χ3v) is 1.12. The van der Waals surface area contributed by atoms with Crippen molar-refractivity contribution < 1.29 is 19.4 Å². The van der Waals surface area contributed by atoms with Gasteiger partial charge in [0.25, 0.3) is 0 Å². The molecule has 0 aliphatic heterocycles. The Morgan fingerprint density at radius 2 is 2.00 bits per heavy atom. The zero-order valence-electron chi connectivity index (χ0n) is 7.23. The van der Waals surface area contributed by atoms with Crippen molar-refractivity contribution in [2.45, 2.75) is 13.8 Å². The van der Waals surface area contributed by atoms with Crippen molar-refractivity contribution in [2.75, 3.05) is 6.61 Å². The van der Waals surface area contributed by atoms with Gasteiger partial charge in [0.2, 0.25) is 5.76 Å². The standard InChI is InChI=1S/C7H9NO5/c1-3-13-7(11)6(10)5(8-12)4(2)9/h10H,3H2,1-2H3/b6-5+. The van der Waals surface area contributed by atoms with Gasteiger partial charge in [0.15, 0.2) is 11.5 Å². The number of aliphatic hydroxyl groups is 1. The van der Waals surface area contributed by atoms with Gasteiger partial charge in [-0.1, -0.05) is 0 Å². The molecule has 0 aromatic heterocycles. The summed E-state index contributed by atoms with van der Waals surface area (Å²) in [6, 6.07) is 0. The Kier molecular flexibility index (Phi) is 4.36. The molecule has 72 valence electrons. The fourth-order valence-electron chi connectivity index (χ4n) is 0.570. The lowest BCUT2D eigenvalue weighted by Gasteiger charge is -2.00. The van der Waals surface area contributed by atoms with Crippen LogP contribution >= 0.6 is 0 Å². The Hall–Kier alpha value is -1.72. The predicted octanol–water partition coefficient (Wildman–Crippen LogP) is 0.675. The third kappa shape index (κ3) is 3.02. The van der Waals surface area contributed by atoms with Gasteiger partial charge in [0.1, 0.15) is 0 Å². The van der Waals surface area contributed by atoms with Crippen LogP contribution in [0.4, 0.5) is 0 Å². The number of ketones is 1. The van der Waals surface area contributed by atoms with Gasteiger partial charge < -0.3 is 9.84 Å². The highest BCUT2D eigenvalue weighted by Crippen LogP contribution is 2.06. The smallest absolute Gasteiger partial charge is 0.375 e. The van der Waals surface area contributed by atoms with Crippen molar-refractivity contribution in [3.05, 3.63) is 16.4 Å². The third-order valence-electron chi connectivity index (χ3n) is 1.12. The molecule has 0 unspecified atom stereocenters. The molecule has 6 nitrogen and oxygen atoms in total. The highest BCUT2D eigenvalue weighted by atomic mass is 16.5. The number of rotatable bonds is 4. The summed E-state index contributed by atoms with van der Waals surface area (Å²) in [6.07, 6.45) is 0. The SMILES string of the molecule is CCOC(=O)/C(O)=C(\N=O)C(C)=O. The Labute approximate surface area is 74.2 Å². The van der Waals surface area contributed by atoms with Crippen LogP contribution in [0, 0.1) is 4.91 Å². The summed E-state index contributed by atoms with van der Waals surface area (Å²) in [5.41, 5.74) is -0.821. The molecule has 0 spiro atoms. The van der Waals surface area contributed by atoms with Crippen LogP contribution in [0.25, 0.3) is 0 Å². The first-order chi connectivity index (χ1) is 6.04. The average molecular weight is 187 g/mol. The van der Waals surface area contributed by atoms with Crippen molar-refractivity contribution in [3.8, 4) is 0 Å². The van der Waals surface area contributed by atoms with Crippen molar-refractivity contribution >= 4 is 11.8 Å². The van der Waals surface area contributed by atoms with Crippen molar-refractivity contribution in [1.29, 1.82) is 0 Å². The Morgan fingerprint density at radius 1 is 1.46 bits per heavy atom. The molecule has 0 saturated heterocycles. The number of carbonyl (C=O) groups excluding carboxylic acids is 2. The van der Waals surface area contributed by atoms with Gasteiger partial charge >= 0.3 is 5.97 Å². The summed E-state index contributed by atoms with van der Waals surface area (Å²) in [7, 11) is 0. The highest BCUT2D eigenvalue weighted by molar-refractivity contribution is 6.00. The van der Waals surface area contributed by atoms with Crippen molar-refractivity contribution in [2.24, 2.45) is 5.18 Å². The second-order valence-electron chi connectivity index (χ2n) is 2.07. The van der Waals surface area contributed by atoms with E-state index >= 15 is 0 Å². The Bertz CT molecular complexity index is 268. The zero-order chi connectivity index (χ0) is 10.4. The molecule has 0 rings (SSSR count). The summed E-state index contributed by atoms with van der Waals surface area (Å²) in [5.74, 6) is -2.97. The molecule has 0 aromatic rings. The van der Waals surface area contributed by atoms with Crippen molar-refractivity contribution in [3.63, 3.8) is 0 Å². The molecule has 0 aliphatic rings. The van der Waals surface area contributed by atoms with Crippen LogP contribution in [-0.4, -0.2) is 23.5 Å². The summed E-state index contributed by atoms with van der Waals surface area (Å²) in [5, 5.41) is 11.2. The Balaban J connectivity index is 4.85. The largest absolute Gasteiger partial charge is 0.500 e. The van der Waals surface area contributed by atoms with E-state index in [-0.39, 0.29) is 6.61 Å². The fraction of sp³-hybridized carbons (Fsp3) is 0.429. The number of aliphatic hydroxyl groups excluding tert-OH is 1. The number of nitrogens with zero attached hydrogens (tertiary/aromatic N) is 1. The minimum absolute atomic E-state index is 0.0347. The van der Waals surface area contributed by atoms with Gasteiger partial charge in [-0.3, -0.25) is 4.79 Å². The molecular formula is C7H9NO5. The maximum atomic E-state index is 10.8. The molecule has 0 saturated carbocycles. The van der Waals surface area contributed by atoms with E-state index in [9.17, 15) is 14.5 Å². The summed E-state index contributed by atoms with van der Waals surface area (Å²) < 4.78 is 4.34. The van der Waals surface area contributed by atoms with Crippen LogP contribution in [-0.2, 0) is 14.3 Å². The van der Waals surface area contributed by atoms with Crippen LogP contribution < -0.4 is 0 Å². The van der Waals surface area contributed by atoms with Gasteiger partial charge in [0, 0.05) is 6.92 Å². The minimum Gasteiger partial charge on any atom is -0.500 e. The molecule has 1 N–H and O–H groups in total. The first-order valence-corrected chi connectivity index (χ1v) is 3.49. The minimum atomic E-state index is -1.13. The lowest BCUT2D eigenvalue weighted by molar-refractivity contribution is -0.142. The first-order valence-electron chi connectivity index (χ1n) is 3.49. The Morgan fingerprint density at radius 3 is 2.31 bits per heavy atom. The van der Waals surface area contributed by atoms with E-state index in [1.165, 1.54) is 6.92 Å². The molecule has 0 heterocycles. The normalized spacial score (nSPS) is 11.5. The van der Waals surface area contributed by atoms with E-state index in [2.05, 4.69) is 9.91 Å². The monoisotopic (exact) mass is 187 g/mol. The van der Waals surface area contributed by atoms with Crippen LogP contribution in [0.5, 0.6) is 0 Å². The molecule has 13 heavy (non-hydrogen) atoms. The average Bonchev–Trinajstić information content (AvgIpc) is 2.05. The van der Waals surface area contributed by atoms with Crippen LogP contribution in [0.2, 0.25) is 0 Å². The molecule has 6 heteroatoms. The van der Waals surface area contributed by atoms with Crippen LogP contribution in [0.1, 0.15) is 13.8 Å². The first kappa shape index (κ1) is 11.3. The van der Waals surface area contributed by atoms with Gasteiger partial charge in [-0.2, -0.15) is 0 Å². The number of nitroso groups, excluding NO2 is 1. The molecule has 0 bridgehead atoms. The number of ether oxygens (including phenoxy) is 1. The van der Waals surface area contributed by atoms with E-state index < -0.39 is 23.2 Å². The second kappa shape index (κ2) is 5.02. The molecule has 0 atom stereocenters. The molecule has 0 aliphatic carbocycles. The fourth-order valence-corrected chi connectivity index (χ4v) is 0.570. The van der Waals surface area contributed by atoms with Crippen molar-refractivity contribution in [1.82, 2.24) is 0 Å². The summed E-state index contributed by atoms with van der Waals surface area (Å²) in [6.45, 7) is 2.56. The lowest BCUT2D eigenvalue weighted by atomic mass is 10.3. The van der Waals surface area contributed by atoms with Gasteiger partial charge in [0.05, 0.1) is 6.61 Å². The van der Waals surface area contributed by atoms with Crippen LogP contribution in [0.3, 0.4) is 0 Å². The van der Waals surface area contributed by atoms with E-state index in [1.54, 1.807) is 0 Å². The topological polar surface area (TPSA) is 93.0 Å². The number of hydrogen-bond donors (Lipinski definition) is 1. The lowest BCUT2D eigenvalue weighted by Crippen LogP contribution is -2.11. The van der Waals surface area contributed by atoms with E-state index in [0.717, 1.165) is 6.92 Å². The van der Waals surface area contributed by atoms with Gasteiger partial charge in [-0.25, -0.2) is 4.79 Å².